The molecule has 1 saturated heterocycles. The first-order valence-corrected chi connectivity index (χ1v) is 10.1. The molecule has 0 aromatic heterocycles. The summed E-state index contributed by atoms with van der Waals surface area (Å²) >= 11 is 0. The third kappa shape index (κ3) is 9.04. The van der Waals surface area contributed by atoms with Crippen molar-refractivity contribution in [2.24, 2.45) is 0 Å². The predicted octanol–water partition coefficient (Wildman–Crippen LogP) is 2.46. The molecule has 23 heavy (non-hydrogen) atoms. The van der Waals surface area contributed by atoms with Crippen molar-refractivity contribution in [3.63, 3.8) is 0 Å². The van der Waals surface area contributed by atoms with Crippen molar-refractivity contribution >= 4 is 0 Å². The summed E-state index contributed by atoms with van der Waals surface area (Å²) in [6, 6.07) is 0. The number of hydrogen-bond acceptors (Lipinski definition) is 4. The first kappa shape index (κ1) is 20.9. The van der Waals surface area contributed by atoms with E-state index in [1.807, 2.05) is 0 Å². The summed E-state index contributed by atoms with van der Waals surface area (Å²) in [5.41, 5.74) is 0. The lowest BCUT2D eigenvalue weighted by Gasteiger charge is -2.32. The first-order chi connectivity index (χ1) is 11.2. The molecular weight excluding hydrogens is 284 g/mol. The molecule has 1 fully saturated rings. The van der Waals surface area contributed by atoms with E-state index in [1.165, 1.54) is 97.8 Å². The van der Waals surface area contributed by atoms with Gasteiger partial charge < -0.3 is 14.7 Å². The maximum absolute atomic E-state index is 2.70. The van der Waals surface area contributed by atoms with E-state index in [0.29, 0.717) is 0 Å². The van der Waals surface area contributed by atoms with E-state index in [0.717, 1.165) is 0 Å². The fourth-order valence-corrected chi connectivity index (χ4v) is 3.45. The van der Waals surface area contributed by atoms with Gasteiger partial charge >= 0.3 is 0 Å². The molecule has 0 bridgehead atoms. The van der Waals surface area contributed by atoms with Crippen LogP contribution in [0.4, 0.5) is 0 Å². The summed E-state index contributed by atoms with van der Waals surface area (Å²) in [7, 11) is 0. The van der Waals surface area contributed by atoms with Crippen LogP contribution in [0.5, 0.6) is 0 Å². The van der Waals surface area contributed by atoms with Gasteiger partial charge in [-0.2, -0.15) is 0 Å². The molecule has 0 aliphatic carbocycles. The number of likely N-dealkylation sites (tertiary alicyclic amines) is 1. The molecule has 0 spiro atoms. The Morgan fingerprint density at radius 2 is 1.00 bits per heavy atom. The van der Waals surface area contributed by atoms with Gasteiger partial charge in [0.05, 0.1) is 0 Å². The predicted molar refractivity (Wildman–Crippen MR) is 102 cm³/mol. The molecule has 1 aliphatic rings. The number of piperidine rings is 1. The maximum Gasteiger partial charge on any atom is 0.0110 e. The second-order valence-electron chi connectivity index (χ2n) is 6.80. The molecule has 0 saturated carbocycles. The summed E-state index contributed by atoms with van der Waals surface area (Å²) in [4.78, 5) is 10.5. The number of hydrogen-bond donors (Lipinski definition) is 0. The average Bonchev–Trinajstić information content (AvgIpc) is 2.61. The molecule has 0 aromatic rings. The Hall–Kier alpha value is -0.160. The lowest BCUT2D eigenvalue weighted by Crippen LogP contribution is -2.44. The van der Waals surface area contributed by atoms with Gasteiger partial charge in [0, 0.05) is 39.3 Å². The number of likely N-dealkylation sites (N-methyl/N-ethyl adjacent to an activating group) is 2. The van der Waals surface area contributed by atoms with E-state index in [4.69, 9.17) is 0 Å². The van der Waals surface area contributed by atoms with E-state index in [2.05, 4.69) is 47.3 Å². The van der Waals surface area contributed by atoms with Crippen molar-refractivity contribution in [1.29, 1.82) is 0 Å². The van der Waals surface area contributed by atoms with Crippen molar-refractivity contribution < 1.29 is 0 Å². The van der Waals surface area contributed by atoms with E-state index in [9.17, 15) is 0 Å². The molecule has 0 N–H and O–H groups in total. The molecule has 0 aromatic carbocycles. The van der Waals surface area contributed by atoms with Crippen LogP contribution in [0.25, 0.3) is 0 Å². The van der Waals surface area contributed by atoms with Crippen molar-refractivity contribution in [1.82, 2.24) is 19.6 Å². The molecule has 0 unspecified atom stereocenters. The quantitative estimate of drug-likeness (QED) is 0.515. The van der Waals surface area contributed by atoms with Crippen LogP contribution in [0.15, 0.2) is 0 Å². The molecule has 4 heteroatoms. The molecule has 1 rings (SSSR count). The van der Waals surface area contributed by atoms with Gasteiger partial charge in [-0.25, -0.2) is 0 Å². The topological polar surface area (TPSA) is 13.0 Å². The lowest BCUT2D eigenvalue weighted by molar-refractivity contribution is 0.152. The zero-order valence-corrected chi connectivity index (χ0v) is 16.4. The van der Waals surface area contributed by atoms with Crippen LogP contribution >= 0.6 is 0 Å². The van der Waals surface area contributed by atoms with Crippen LogP contribution in [0.2, 0.25) is 0 Å². The summed E-state index contributed by atoms with van der Waals surface area (Å²) < 4.78 is 0. The smallest absolute Gasteiger partial charge is 0.0110 e. The van der Waals surface area contributed by atoms with Gasteiger partial charge in [0.1, 0.15) is 0 Å². The highest BCUT2D eigenvalue weighted by molar-refractivity contribution is 4.70. The third-order valence-electron chi connectivity index (χ3n) is 5.43. The van der Waals surface area contributed by atoms with Crippen molar-refractivity contribution in [3.8, 4) is 0 Å². The minimum Gasteiger partial charge on any atom is -0.303 e. The Bertz CT molecular complexity index is 242. The molecular formula is C19H42N4. The normalized spacial score (nSPS) is 16.8. The summed E-state index contributed by atoms with van der Waals surface area (Å²) in [5, 5.41) is 0. The molecule has 0 radical (unpaired) electrons. The average molecular weight is 327 g/mol. The SMILES string of the molecule is CCN(CC)CCN(CCN(CC)CC)CCN1CCCCC1. The largest absolute Gasteiger partial charge is 0.303 e. The Morgan fingerprint density at radius 1 is 0.565 bits per heavy atom. The highest BCUT2D eigenvalue weighted by atomic mass is 15.2. The summed E-state index contributed by atoms with van der Waals surface area (Å²) in [6.45, 7) is 23.8. The molecule has 4 nitrogen and oxygen atoms in total. The van der Waals surface area contributed by atoms with Gasteiger partial charge in [0.15, 0.2) is 0 Å². The zero-order chi connectivity index (χ0) is 16.9. The summed E-state index contributed by atoms with van der Waals surface area (Å²) in [5.74, 6) is 0. The monoisotopic (exact) mass is 326 g/mol. The molecule has 0 atom stereocenters. The Labute approximate surface area is 145 Å². The maximum atomic E-state index is 2.70. The third-order valence-corrected chi connectivity index (χ3v) is 5.43. The van der Waals surface area contributed by atoms with Gasteiger partial charge in [-0.05, 0) is 52.1 Å². The van der Waals surface area contributed by atoms with Gasteiger partial charge in [-0.3, -0.25) is 4.90 Å². The van der Waals surface area contributed by atoms with Crippen LogP contribution < -0.4 is 0 Å². The van der Waals surface area contributed by atoms with Crippen LogP contribution in [-0.4, -0.2) is 98.1 Å². The molecule has 138 valence electrons. The van der Waals surface area contributed by atoms with Gasteiger partial charge in [0.2, 0.25) is 0 Å². The summed E-state index contributed by atoms with van der Waals surface area (Å²) in [6.07, 6.45) is 4.24. The van der Waals surface area contributed by atoms with Crippen molar-refractivity contribution in [2.75, 3.05) is 78.5 Å². The molecule has 1 heterocycles. The second kappa shape index (κ2) is 13.2. The van der Waals surface area contributed by atoms with E-state index >= 15 is 0 Å². The van der Waals surface area contributed by atoms with Crippen LogP contribution in [0, 0.1) is 0 Å². The number of nitrogens with zero attached hydrogens (tertiary/aromatic N) is 4. The first-order valence-electron chi connectivity index (χ1n) is 10.1. The standard InChI is InChI=1S/C19H42N4/c1-5-20(6-2)14-16-23(17-15-21(7-3)8-4)19-18-22-12-10-9-11-13-22/h5-19H2,1-4H3. The van der Waals surface area contributed by atoms with Gasteiger partial charge in [0.25, 0.3) is 0 Å². The highest BCUT2D eigenvalue weighted by Gasteiger charge is 2.13. The fraction of sp³-hybridized carbons (Fsp3) is 1.00. The van der Waals surface area contributed by atoms with Crippen LogP contribution in [-0.2, 0) is 0 Å². The van der Waals surface area contributed by atoms with Gasteiger partial charge in [-0.1, -0.05) is 34.1 Å². The Kier molecular flexibility index (Phi) is 12.0. The van der Waals surface area contributed by atoms with Crippen LogP contribution in [0.3, 0.4) is 0 Å². The highest BCUT2D eigenvalue weighted by Crippen LogP contribution is 2.08. The fourth-order valence-electron chi connectivity index (χ4n) is 3.45. The molecule has 0 amide bonds. The van der Waals surface area contributed by atoms with E-state index in [-0.39, 0.29) is 0 Å². The van der Waals surface area contributed by atoms with Gasteiger partial charge in [-0.15, -0.1) is 0 Å². The van der Waals surface area contributed by atoms with E-state index in [1.54, 1.807) is 0 Å². The lowest BCUT2D eigenvalue weighted by atomic mass is 10.1. The zero-order valence-electron chi connectivity index (χ0n) is 16.4. The van der Waals surface area contributed by atoms with Crippen molar-refractivity contribution in [2.45, 2.75) is 47.0 Å². The second-order valence-corrected chi connectivity index (χ2v) is 6.80. The van der Waals surface area contributed by atoms with E-state index < -0.39 is 0 Å². The number of rotatable bonds is 13. The minimum atomic E-state index is 1.17. The van der Waals surface area contributed by atoms with Crippen LogP contribution in [0.1, 0.15) is 47.0 Å². The Balaban J connectivity index is 2.38. The minimum absolute atomic E-state index is 1.17. The van der Waals surface area contributed by atoms with Crippen molar-refractivity contribution in [3.05, 3.63) is 0 Å². The Morgan fingerprint density at radius 3 is 1.43 bits per heavy atom. The molecule has 1 aliphatic heterocycles.